The van der Waals surface area contributed by atoms with Crippen LogP contribution in [0.5, 0.6) is 5.75 Å². The maximum Gasteiger partial charge on any atom is 0.119 e. The Hall–Kier alpha value is -1.22. The van der Waals surface area contributed by atoms with Crippen LogP contribution in [-0.4, -0.2) is 26.2 Å². The highest BCUT2D eigenvalue weighted by Crippen LogP contribution is 2.25. The van der Waals surface area contributed by atoms with E-state index >= 15 is 0 Å². The molecule has 0 amide bonds. The minimum absolute atomic E-state index is 0.658. The predicted molar refractivity (Wildman–Crippen MR) is 76.2 cm³/mol. The molecule has 100 valence electrons. The van der Waals surface area contributed by atoms with Gasteiger partial charge in [0.25, 0.3) is 0 Å². The zero-order chi connectivity index (χ0) is 12.8. The summed E-state index contributed by atoms with van der Waals surface area (Å²) in [6.45, 7) is 6.00. The van der Waals surface area contributed by atoms with E-state index in [2.05, 4.69) is 36.1 Å². The lowest BCUT2D eigenvalue weighted by molar-refractivity contribution is 0.309. The highest BCUT2D eigenvalue weighted by molar-refractivity contribution is 5.49. The third-order valence-corrected chi connectivity index (χ3v) is 3.59. The van der Waals surface area contributed by atoms with Gasteiger partial charge >= 0.3 is 0 Å². The fourth-order valence-electron chi connectivity index (χ4n) is 2.35. The summed E-state index contributed by atoms with van der Waals surface area (Å²) >= 11 is 0. The highest BCUT2D eigenvalue weighted by atomic mass is 16.5. The van der Waals surface area contributed by atoms with Crippen LogP contribution >= 0.6 is 0 Å². The molecule has 0 spiro atoms. The van der Waals surface area contributed by atoms with E-state index in [-0.39, 0.29) is 0 Å². The van der Waals surface area contributed by atoms with Crippen LogP contribution in [0.25, 0.3) is 0 Å². The van der Waals surface area contributed by atoms with Crippen molar-refractivity contribution in [1.29, 1.82) is 0 Å². The van der Waals surface area contributed by atoms with E-state index in [9.17, 15) is 0 Å². The second kappa shape index (κ2) is 6.64. The minimum Gasteiger partial charge on any atom is -0.494 e. The number of anilines is 1. The lowest BCUT2D eigenvalue weighted by Gasteiger charge is -2.18. The monoisotopic (exact) mass is 248 g/mol. The number of rotatable bonds is 6. The molecular weight excluding hydrogens is 224 g/mol. The summed E-state index contributed by atoms with van der Waals surface area (Å²) in [5, 5.41) is 0. The summed E-state index contributed by atoms with van der Waals surface area (Å²) in [5.74, 6) is 1.63. The number of nitrogens with zero attached hydrogens (tertiary/aromatic N) is 1. The summed E-state index contributed by atoms with van der Waals surface area (Å²) in [6.07, 6.45) is 3.50. The van der Waals surface area contributed by atoms with Crippen LogP contribution < -0.4 is 15.4 Å². The summed E-state index contributed by atoms with van der Waals surface area (Å²) < 4.78 is 5.67. The van der Waals surface area contributed by atoms with Crippen molar-refractivity contribution in [1.82, 2.24) is 0 Å². The van der Waals surface area contributed by atoms with Crippen molar-refractivity contribution in [3.63, 3.8) is 0 Å². The quantitative estimate of drug-likeness (QED) is 0.787. The van der Waals surface area contributed by atoms with E-state index in [0.717, 1.165) is 38.4 Å². The lowest BCUT2D eigenvalue weighted by Crippen LogP contribution is -2.22. The van der Waals surface area contributed by atoms with Crippen LogP contribution in [0.3, 0.4) is 0 Å². The van der Waals surface area contributed by atoms with E-state index in [0.29, 0.717) is 5.92 Å². The van der Waals surface area contributed by atoms with Crippen molar-refractivity contribution in [2.75, 3.05) is 31.1 Å². The van der Waals surface area contributed by atoms with Gasteiger partial charge in [-0.2, -0.15) is 0 Å². The van der Waals surface area contributed by atoms with E-state index in [1.807, 2.05) is 0 Å². The summed E-state index contributed by atoms with van der Waals surface area (Å²) in [5.41, 5.74) is 7.01. The van der Waals surface area contributed by atoms with Crippen LogP contribution in [-0.2, 0) is 0 Å². The molecule has 2 N–H and O–H groups in total. The number of benzene rings is 1. The zero-order valence-electron chi connectivity index (χ0n) is 11.3. The highest BCUT2D eigenvalue weighted by Gasteiger charge is 2.21. The van der Waals surface area contributed by atoms with Gasteiger partial charge in [0.1, 0.15) is 5.75 Å². The normalized spacial score (nSPS) is 19.2. The molecule has 1 unspecified atom stereocenters. The van der Waals surface area contributed by atoms with Gasteiger partial charge in [0.2, 0.25) is 0 Å². The Morgan fingerprint density at radius 1 is 1.33 bits per heavy atom. The van der Waals surface area contributed by atoms with Crippen molar-refractivity contribution in [3.8, 4) is 5.75 Å². The molecule has 0 radical (unpaired) electrons. The van der Waals surface area contributed by atoms with Gasteiger partial charge in [0, 0.05) is 18.8 Å². The number of nitrogens with two attached hydrogens (primary N) is 1. The van der Waals surface area contributed by atoms with Crippen LogP contribution in [0, 0.1) is 5.92 Å². The molecular formula is C15H24N2O. The number of hydrogen-bond acceptors (Lipinski definition) is 3. The molecule has 2 rings (SSSR count). The molecule has 1 atom stereocenters. The third kappa shape index (κ3) is 3.39. The van der Waals surface area contributed by atoms with Gasteiger partial charge < -0.3 is 15.4 Å². The van der Waals surface area contributed by atoms with Gasteiger partial charge in [0.05, 0.1) is 6.61 Å². The Kier molecular flexibility index (Phi) is 4.88. The van der Waals surface area contributed by atoms with Gasteiger partial charge in [0.15, 0.2) is 0 Å². The van der Waals surface area contributed by atoms with E-state index < -0.39 is 0 Å². The van der Waals surface area contributed by atoms with Gasteiger partial charge in [-0.05, 0) is 49.6 Å². The average Bonchev–Trinajstić information content (AvgIpc) is 2.89. The first-order valence-electron chi connectivity index (χ1n) is 7.01. The van der Waals surface area contributed by atoms with Crippen LogP contribution in [0.4, 0.5) is 5.69 Å². The van der Waals surface area contributed by atoms with E-state index in [4.69, 9.17) is 10.5 Å². The van der Waals surface area contributed by atoms with Crippen molar-refractivity contribution in [2.24, 2.45) is 11.7 Å². The van der Waals surface area contributed by atoms with E-state index in [1.165, 1.54) is 18.5 Å². The molecule has 1 aromatic carbocycles. The van der Waals surface area contributed by atoms with Crippen LogP contribution in [0.1, 0.15) is 26.2 Å². The fourth-order valence-corrected chi connectivity index (χ4v) is 2.35. The Bertz CT molecular complexity index is 350. The molecule has 1 aliphatic heterocycles. The largest absolute Gasteiger partial charge is 0.494 e. The molecule has 3 heteroatoms. The molecule has 1 fully saturated rings. The zero-order valence-corrected chi connectivity index (χ0v) is 11.3. The van der Waals surface area contributed by atoms with Crippen LogP contribution in [0.15, 0.2) is 24.3 Å². The SMILES string of the molecule is CCCCOc1ccc(N2CCC(CN)C2)cc1. The second-order valence-corrected chi connectivity index (χ2v) is 5.03. The molecule has 0 aromatic heterocycles. The molecule has 1 saturated heterocycles. The maximum absolute atomic E-state index is 5.72. The predicted octanol–water partition coefficient (Wildman–Crippen LogP) is 2.65. The van der Waals surface area contributed by atoms with Gasteiger partial charge in [-0.3, -0.25) is 0 Å². The smallest absolute Gasteiger partial charge is 0.119 e. The van der Waals surface area contributed by atoms with Crippen molar-refractivity contribution in [2.45, 2.75) is 26.2 Å². The first-order chi connectivity index (χ1) is 8.83. The summed E-state index contributed by atoms with van der Waals surface area (Å²) in [4.78, 5) is 2.41. The van der Waals surface area contributed by atoms with Crippen molar-refractivity contribution in [3.05, 3.63) is 24.3 Å². The van der Waals surface area contributed by atoms with Crippen molar-refractivity contribution < 1.29 is 4.74 Å². The Morgan fingerprint density at radius 3 is 2.72 bits per heavy atom. The fraction of sp³-hybridized carbons (Fsp3) is 0.600. The summed E-state index contributed by atoms with van der Waals surface area (Å²) in [7, 11) is 0. The molecule has 0 aliphatic carbocycles. The van der Waals surface area contributed by atoms with Gasteiger partial charge in [-0.25, -0.2) is 0 Å². The molecule has 0 bridgehead atoms. The molecule has 1 aromatic rings. The molecule has 18 heavy (non-hydrogen) atoms. The average molecular weight is 248 g/mol. The maximum atomic E-state index is 5.72. The number of unbranched alkanes of at least 4 members (excludes halogenated alkanes) is 1. The van der Waals surface area contributed by atoms with Gasteiger partial charge in [-0.15, -0.1) is 0 Å². The standard InChI is InChI=1S/C15H24N2O/c1-2-3-10-18-15-6-4-14(5-7-15)17-9-8-13(11-16)12-17/h4-7,13H,2-3,8-12,16H2,1H3. The lowest BCUT2D eigenvalue weighted by atomic mass is 10.1. The van der Waals surface area contributed by atoms with Crippen molar-refractivity contribution >= 4 is 5.69 Å². The summed E-state index contributed by atoms with van der Waals surface area (Å²) in [6, 6.07) is 8.45. The topological polar surface area (TPSA) is 38.5 Å². The van der Waals surface area contributed by atoms with Gasteiger partial charge in [-0.1, -0.05) is 13.3 Å². The molecule has 1 aliphatic rings. The van der Waals surface area contributed by atoms with Crippen LogP contribution in [0.2, 0.25) is 0 Å². The molecule has 1 heterocycles. The Morgan fingerprint density at radius 2 is 2.11 bits per heavy atom. The second-order valence-electron chi connectivity index (χ2n) is 5.03. The molecule has 0 saturated carbocycles. The number of hydrogen-bond donors (Lipinski definition) is 1. The first kappa shape index (κ1) is 13.2. The Labute approximate surface area is 110 Å². The van der Waals surface area contributed by atoms with E-state index in [1.54, 1.807) is 0 Å². The number of ether oxygens (including phenoxy) is 1. The third-order valence-electron chi connectivity index (χ3n) is 3.59. The minimum atomic E-state index is 0.658. The Balaban J connectivity index is 1.87. The first-order valence-corrected chi connectivity index (χ1v) is 7.01. The molecule has 3 nitrogen and oxygen atoms in total.